The molecule has 2 heterocycles. The highest BCUT2D eigenvalue weighted by Crippen LogP contribution is 2.22. The Morgan fingerprint density at radius 3 is 2.94 bits per heavy atom. The maximum absolute atomic E-state index is 5.75. The van der Waals surface area contributed by atoms with Gasteiger partial charge in [-0.3, -0.25) is 0 Å². The molecule has 2 rings (SSSR count). The van der Waals surface area contributed by atoms with Crippen LogP contribution in [0, 0.1) is 0 Å². The van der Waals surface area contributed by atoms with E-state index in [1.807, 2.05) is 0 Å². The lowest BCUT2D eigenvalue weighted by Gasteiger charge is -2.31. The van der Waals surface area contributed by atoms with Crippen LogP contribution in [0.5, 0.6) is 0 Å². The molecule has 0 bridgehead atoms. The molecule has 90 valence electrons. The van der Waals surface area contributed by atoms with E-state index in [2.05, 4.69) is 15.1 Å². The van der Waals surface area contributed by atoms with Gasteiger partial charge in [0.25, 0.3) is 0 Å². The Balaban J connectivity index is 1.70. The molecule has 2 N–H and O–H groups in total. The van der Waals surface area contributed by atoms with Crippen molar-refractivity contribution in [1.29, 1.82) is 0 Å². The molecular weight excluding hydrogens is 224 g/mol. The fraction of sp³-hybridized carbons (Fsp3) is 0.800. The van der Waals surface area contributed by atoms with Gasteiger partial charge >= 0.3 is 0 Å². The first-order valence-electron chi connectivity index (χ1n) is 5.73. The molecule has 1 saturated heterocycles. The van der Waals surface area contributed by atoms with Gasteiger partial charge in [0.1, 0.15) is 5.51 Å². The van der Waals surface area contributed by atoms with Crippen LogP contribution in [0.1, 0.15) is 19.3 Å². The summed E-state index contributed by atoms with van der Waals surface area (Å²) in [6, 6.07) is 0. The van der Waals surface area contributed by atoms with E-state index in [-0.39, 0.29) is 0 Å². The van der Waals surface area contributed by atoms with E-state index >= 15 is 0 Å². The second-order valence-electron chi connectivity index (χ2n) is 3.92. The Bertz CT molecular complexity index is 285. The molecule has 16 heavy (non-hydrogen) atoms. The van der Waals surface area contributed by atoms with Gasteiger partial charge in [-0.2, -0.15) is 0 Å². The molecule has 0 aliphatic carbocycles. The summed E-state index contributed by atoms with van der Waals surface area (Å²) in [6.45, 7) is 3.54. The number of rotatable bonds is 5. The van der Waals surface area contributed by atoms with Gasteiger partial charge in [0.2, 0.25) is 5.13 Å². The summed E-state index contributed by atoms with van der Waals surface area (Å²) >= 11 is 1.60. The third-order valence-electron chi connectivity index (χ3n) is 2.76. The monoisotopic (exact) mass is 242 g/mol. The lowest BCUT2D eigenvalue weighted by molar-refractivity contribution is 0.0366. The maximum Gasteiger partial charge on any atom is 0.208 e. The molecule has 0 amide bonds. The number of anilines is 1. The quantitative estimate of drug-likeness (QED) is 0.776. The third kappa shape index (κ3) is 3.13. The van der Waals surface area contributed by atoms with Gasteiger partial charge < -0.3 is 15.4 Å². The van der Waals surface area contributed by atoms with Crippen LogP contribution in [-0.4, -0.2) is 42.5 Å². The smallest absolute Gasteiger partial charge is 0.208 e. The number of ether oxygens (including phenoxy) is 1. The van der Waals surface area contributed by atoms with Gasteiger partial charge in [-0.1, -0.05) is 11.3 Å². The van der Waals surface area contributed by atoms with Gasteiger partial charge in [0, 0.05) is 19.7 Å². The number of aromatic nitrogens is 2. The largest absolute Gasteiger partial charge is 0.378 e. The van der Waals surface area contributed by atoms with Crippen LogP contribution in [0.3, 0.4) is 0 Å². The zero-order chi connectivity index (χ0) is 11.2. The summed E-state index contributed by atoms with van der Waals surface area (Å²) in [5.41, 5.74) is 7.21. The van der Waals surface area contributed by atoms with Crippen LogP contribution in [0.2, 0.25) is 0 Å². The van der Waals surface area contributed by atoms with Crippen LogP contribution >= 0.6 is 11.3 Å². The summed E-state index contributed by atoms with van der Waals surface area (Å²) < 4.78 is 5.75. The van der Waals surface area contributed by atoms with E-state index < -0.39 is 0 Å². The molecular formula is C10H18N4OS. The Hall–Kier alpha value is -0.720. The van der Waals surface area contributed by atoms with E-state index in [0.29, 0.717) is 12.6 Å². The average Bonchev–Trinajstić information content (AvgIpc) is 2.84. The minimum Gasteiger partial charge on any atom is -0.378 e. The minimum atomic E-state index is 0.399. The fourth-order valence-electron chi connectivity index (χ4n) is 1.85. The lowest BCUT2D eigenvalue weighted by Crippen LogP contribution is -2.37. The van der Waals surface area contributed by atoms with Crippen molar-refractivity contribution in [3.8, 4) is 0 Å². The van der Waals surface area contributed by atoms with E-state index in [9.17, 15) is 0 Å². The van der Waals surface area contributed by atoms with Crippen molar-refractivity contribution in [3.63, 3.8) is 0 Å². The number of hydrogen-bond acceptors (Lipinski definition) is 6. The predicted molar refractivity (Wildman–Crippen MR) is 64.8 cm³/mol. The molecule has 6 heteroatoms. The van der Waals surface area contributed by atoms with E-state index in [0.717, 1.165) is 44.1 Å². The molecule has 1 aromatic heterocycles. The summed E-state index contributed by atoms with van der Waals surface area (Å²) in [5, 5.41) is 8.96. The second-order valence-corrected chi connectivity index (χ2v) is 4.73. The fourth-order valence-corrected chi connectivity index (χ4v) is 2.47. The highest BCUT2D eigenvalue weighted by atomic mass is 32.1. The normalized spacial score (nSPS) is 17.9. The van der Waals surface area contributed by atoms with Gasteiger partial charge in [-0.05, 0) is 25.8 Å². The molecule has 0 unspecified atom stereocenters. The molecule has 0 saturated carbocycles. The van der Waals surface area contributed by atoms with Gasteiger partial charge in [0.05, 0.1) is 6.10 Å². The first kappa shape index (κ1) is 11.8. The minimum absolute atomic E-state index is 0.399. The Morgan fingerprint density at radius 1 is 1.50 bits per heavy atom. The number of hydrogen-bond donors (Lipinski definition) is 1. The van der Waals surface area contributed by atoms with E-state index in [4.69, 9.17) is 10.5 Å². The standard InChI is InChI=1S/C10H18N4OS/c11-4-1-7-15-9-2-5-14(6-3-9)10-13-12-8-16-10/h8-9H,1-7,11H2. The molecule has 0 radical (unpaired) electrons. The van der Waals surface area contributed by atoms with Gasteiger partial charge in [-0.25, -0.2) is 0 Å². The van der Waals surface area contributed by atoms with Crippen LogP contribution in [0.4, 0.5) is 5.13 Å². The van der Waals surface area contributed by atoms with Crippen molar-refractivity contribution >= 4 is 16.5 Å². The maximum atomic E-state index is 5.75. The van der Waals surface area contributed by atoms with Crippen molar-refractivity contribution in [1.82, 2.24) is 10.2 Å². The van der Waals surface area contributed by atoms with Crippen LogP contribution in [-0.2, 0) is 4.74 Å². The Labute approximate surface area is 99.6 Å². The van der Waals surface area contributed by atoms with Crippen molar-refractivity contribution in [2.45, 2.75) is 25.4 Å². The summed E-state index contributed by atoms with van der Waals surface area (Å²) in [7, 11) is 0. The summed E-state index contributed by atoms with van der Waals surface area (Å²) in [4.78, 5) is 2.28. The van der Waals surface area contributed by atoms with Gasteiger partial charge in [0.15, 0.2) is 0 Å². The average molecular weight is 242 g/mol. The van der Waals surface area contributed by atoms with Crippen molar-refractivity contribution < 1.29 is 4.74 Å². The number of piperidine rings is 1. The lowest BCUT2D eigenvalue weighted by atomic mass is 10.1. The molecule has 1 fully saturated rings. The molecule has 1 aliphatic rings. The Morgan fingerprint density at radius 2 is 2.31 bits per heavy atom. The summed E-state index contributed by atoms with van der Waals surface area (Å²) in [5.74, 6) is 0. The summed E-state index contributed by atoms with van der Waals surface area (Å²) in [6.07, 6.45) is 3.50. The predicted octanol–water partition coefficient (Wildman–Crippen LogP) is 0.872. The molecule has 1 aliphatic heterocycles. The highest BCUT2D eigenvalue weighted by molar-refractivity contribution is 7.13. The number of nitrogens with two attached hydrogens (primary N) is 1. The Kier molecular flexibility index (Phi) is 4.50. The zero-order valence-electron chi connectivity index (χ0n) is 9.34. The van der Waals surface area contributed by atoms with Crippen molar-refractivity contribution in [2.24, 2.45) is 5.73 Å². The van der Waals surface area contributed by atoms with Crippen LogP contribution in [0.25, 0.3) is 0 Å². The third-order valence-corrected chi connectivity index (χ3v) is 3.51. The molecule has 0 spiro atoms. The van der Waals surface area contributed by atoms with E-state index in [1.165, 1.54) is 0 Å². The zero-order valence-corrected chi connectivity index (χ0v) is 10.2. The SMILES string of the molecule is NCCCOC1CCN(c2nncs2)CC1. The second kappa shape index (κ2) is 6.12. The van der Waals surface area contributed by atoms with Crippen molar-refractivity contribution in [2.75, 3.05) is 31.1 Å². The topological polar surface area (TPSA) is 64.3 Å². The molecule has 0 atom stereocenters. The van der Waals surface area contributed by atoms with Crippen LogP contribution in [0.15, 0.2) is 5.51 Å². The first-order chi connectivity index (χ1) is 7.90. The van der Waals surface area contributed by atoms with Crippen molar-refractivity contribution in [3.05, 3.63) is 5.51 Å². The first-order valence-corrected chi connectivity index (χ1v) is 6.61. The van der Waals surface area contributed by atoms with E-state index in [1.54, 1.807) is 16.8 Å². The van der Waals surface area contributed by atoms with Crippen LogP contribution < -0.4 is 10.6 Å². The molecule has 5 nitrogen and oxygen atoms in total. The molecule has 0 aromatic carbocycles. The highest BCUT2D eigenvalue weighted by Gasteiger charge is 2.21. The number of nitrogens with zero attached hydrogens (tertiary/aromatic N) is 3. The molecule has 1 aromatic rings. The van der Waals surface area contributed by atoms with Gasteiger partial charge in [-0.15, -0.1) is 10.2 Å².